The fourth-order valence-corrected chi connectivity index (χ4v) is 2.79. The lowest BCUT2D eigenvalue weighted by atomic mass is 10.1. The van der Waals surface area contributed by atoms with Crippen molar-refractivity contribution in [2.75, 3.05) is 19.8 Å². The molecule has 1 fully saturated rings. The van der Waals surface area contributed by atoms with Crippen LogP contribution in [0.2, 0.25) is 0 Å². The highest BCUT2D eigenvalue weighted by Crippen LogP contribution is 2.19. The van der Waals surface area contributed by atoms with Gasteiger partial charge in [-0.25, -0.2) is 14.4 Å². The Balaban J connectivity index is 2.22. The van der Waals surface area contributed by atoms with E-state index in [0.29, 0.717) is 37.7 Å². The van der Waals surface area contributed by atoms with Crippen LogP contribution in [0.1, 0.15) is 65.2 Å². The summed E-state index contributed by atoms with van der Waals surface area (Å²) < 4.78 is 25.7. The SMILES string of the molecule is C=C(C)C(=O)OCCCCC(=O)OC1CCOC(OC(=O)C(=O)CCCCOC(=O)C(=C)C)C1. The van der Waals surface area contributed by atoms with E-state index in [0.717, 1.165) is 0 Å². The lowest BCUT2D eigenvalue weighted by Crippen LogP contribution is -2.36. The Kier molecular flexibility index (Phi) is 13.5. The van der Waals surface area contributed by atoms with Gasteiger partial charge in [-0.1, -0.05) is 13.2 Å². The van der Waals surface area contributed by atoms with Crippen molar-refractivity contribution >= 4 is 29.7 Å². The minimum absolute atomic E-state index is 0.0454. The largest absolute Gasteiger partial charge is 0.462 e. The normalized spacial score (nSPS) is 17.2. The molecule has 0 aliphatic carbocycles. The Hall–Kier alpha value is -3.01. The maximum absolute atomic E-state index is 12.0. The first kappa shape index (κ1) is 29.0. The Labute approximate surface area is 199 Å². The number of ketones is 1. The number of ether oxygens (including phenoxy) is 5. The number of esters is 4. The van der Waals surface area contributed by atoms with Crippen LogP contribution in [-0.4, -0.2) is 61.9 Å². The van der Waals surface area contributed by atoms with Gasteiger partial charge in [0, 0.05) is 36.8 Å². The highest BCUT2D eigenvalue weighted by Gasteiger charge is 2.29. The fraction of sp³-hybridized carbons (Fsp3) is 0.625. The molecule has 2 unspecified atom stereocenters. The van der Waals surface area contributed by atoms with E-state index in [2.05, 4.69) is 13.2 Å². The van der Waals surface area contributed by atoms with E-state index in [4.69, 9.17) is 23.7 Å². The van der Waals surface area contributed by atoms with E-state index in [1.165, 1.54) is 6.92 Å². The Morgan fingerprint density at radius 2 is 1.35 bits per heavy atom. The van der Waals surface area contributed by atoms with Gasteiger partial charge in [0.15, 0.2) is 0 Å². The van der Waals surface area contributed by atoms with Crippen molar-refractivity contribution in [3.63, 3.8) is 0 Å². The number of unbranched alkanes of at least 4 members (excludes halogenated alkanes) is 2. The zero-order chi connectivity index (χ0) is 25.5. The Morgan fingerprint density at radius 3 is 1.91 bits per heavy atom. The fourth-order valence-electron chi connectivity index (χ4n) is 2.79. The number of carbonyl (C=O) groups is 5. The molecule has 190 valence electrons. The smallest absolute Gasteiger partial charge is 0.376 e. The molecule has 1 rings (SSSR count). The van der Waals surface area contributed by atoms with E-state index in [-0.39, 0.29) is 44.7 Å². The molecule has 0 amide bonds. The standard InChI is InChI=1S/C24H34O10/c1-16(2)22(27)31-12-7-5-9-19(25)24(29)34-21-15-18(11-14-30-21)33-20(26)10-6-8-13-32-23(28)17(3)4/h18,21H,1,3,5-15H2,2,4H3. The summed E-state index contributed by atoms with van der Waals surface area (Å²) in [6, 6.07) is 0. The molecule has 0 saturated carbocycles. The molecule has 1 aliphatic heterocycles. The van der Waals surface area contributed by atoms with E-state index in [9.17, 15) is 24.0 Å². The highest BCUT2D eigenvalue weighted by molar-refractivity contribution is 6.33. The van der Waals surface area contributed by atoms with Crippen molar-refractivity contribution in [2.24, 2.45) is 0 Å². The van der Waals surface area contributed by atoms with Crippen LogP contribution in [0.4, 0.5) is 0 Å². The molecule has 0 aromatic rings. The van der Waals surface area contributed by atoms with Gasteiger partial charge in [-0.05, 0) is 39.5 Å². The quantitative estimate of drug-likeness (QED) is 0.113. The van der Waals surface area contributed by atoms with Crippen molar-refractivity contribution in [1.82, 2.24) is 0 Å². The minimum atomic E-state index is -1.01. The molecule has 0 aromatic carbocycles. The molecule has 1 aliphatic rings. The zero-order valence-corrected chi connectivity index (χ0v) is 19.9. The molecule has 1 heterocycles. The van der Waals surface area contributed by atoms with Crippen LogP contribution in [0.15, 0.2) is 24.3 Å². The summed E-state index contributed by atoms with van der Waals surface area (Å²) in [5.74, 6) is -3.10. The molecule has 2 atom stereocenters. The number of hydrogen-bond acceptors (Lipinski definition) is 10. The molecule has 34 heavy (non-hydrogen) atoms. The maximum Gasteiger partial charge on any atom is 0.376 e. The summed E-state index contributed by atoms with van der Waals surface area (Å²) in [7, 11) is 0. The number of rotatable bonds is 15. The van der Waals surface area contributed by atoms with E-state index in [1.54, 1.807) is 6.92 Å². The van der Waals surface area contributed by atoms with E-state index >= 15 is 0 Å². The number of Topliss-reactive ketones (excluding diaryl/α,β-unsaturated/α-hetero) is 1. The van der Waals surface area contributed by atoms with Gasteiger partial charge in [0.1, 0.15) is 6.10 Å². The van der Waals surface area contributed by atoms with E-state index < -0.39 is 42.1 Å². The van der Waals surface area contributed by atoms with Crippen LogP contribution in [0.25, 0.3) is 0 Å². The topological polar surface area (TPSA) is 132 Å². The van der Waals surface area contributed by atoms with Crippen molar-refractivity contribution in [3.8, 4) is 0 Å². The van der Waals surface area contributed by atoms with Gasteiger partial charge in [-0.2, -0.15) is 0 Å². The predicted molar refractivity (Wildman–Crippen MR) is 119 cm³/mol. The maximum atomic E-state index is 12.0. The molecular weight excluding hydrogens is 448 g/mol. The minimum Gasteiger partial charge on any atom is -0.462 e. The first-order valence-electron chi connectivity index (χ1n) is 11.3. The second-order valence-corrected chi connectivity index (χ2v) is 8.01. The van der Waals surface area contributed by atoms with Crippen LogP contribution in [0.5, 0.6) is 0 Å². The molecule has 0 radical (unpaired) electrons. The third-order valence-corrected chi connectivity index (χ3v) is 4.70. The summed E-state index contributed by atoms with van der Waals surface area (Å²) in [6.07, 6.45) is 1.03. The van der Waals surface area contributed by atoms with Crippen molar-refractivity contribution in [2.45, 2.75) is 77.6 Å². The van der Waals surface area contributed by atoms with Gasteiger partial charge >= 0.3 is 23.9 Å². The second-order valence-electron chi connectivity index (χ2n) is 8.01. The van der Waals surface area contributed by atoms with Gasteiger partial charge in [-0.3, -0.25) is 9.59 Å². The summed E-state index contributed by atoms with van der Waals surface area (Å²) in [5, 5.41) is 0. The number of carbonyl (C=O) groups excluding carboxylic acids is 5. The average molecular weight is 483 g/mol. The third-order valence-electron chi connectivity index (χ3n) is 4.70. The predicted octanol–water partition coefficient (Wildman–Crippen LogP) is 2.73. The summed E-state index contributed by atoms with van der Waals surface area (Å²) in [4.78, 5) is 58.5. The monoisotopic (exact) mass is 482 g/mol. The van der Waals surface area contributed by atoms with Gasteiger partial charge < -0.3 is 23.7 Å². The van der Waals surface area contributed by atoms with Crippen molar-refractivity contribution < 1.29 is 47.7 Å². The van der Waals surface area contributed by atoms with Crippen LogP contribution >= 0.6 is 0 Å². The van der Waals surface area contributed by atoms with E-state index in [1.807, 2.05) is 0 Å². The Morgan fingerprint density at radius 1 is 0.794 bits per heavy atom. The lowest BCUT2D eigenvalue weighted by Gasteiger charge is -2.28. The molecular formula is C24H34O10. The second kappa shape index (κ2) is 15.8. The summed E-state index contributed by atoms with van der Waals surface area (Å²) in [5.41, 5.74) is 0.607. The van der Waals surface area contributed by atoms with Gasteiger partial charge in [0.05, 0.1) is 19.8 Å². The molecule has 0 spiro atoms. The summed E-state index contributed by atoms with van der Waals surface area (Å²) >= 11 is 0. The van der Waals surface area contributed by atoms with Gasteiger partial charge in [0.2, 0.25) is 12.1 Å². The first-order valence-corrected chi connectivity index (χ1v) is 11.3. The molecule has 10 nitrogen and oxygen atoms in total. The van der Waals surface area contributed by atoms with Gasteiger partial charge in [0.25, 0.3) is 0 Å². The highest BCUT2D eigenvalue weighted by atomic mass is 16.7. The molecule has 0 bridgehead atoms. The summed E-state index contributed by atoms with van der Waals surface area (Å²) in [6.45, 7) is 10.6. The molecule has 1 saturated heterocycles. The van der Waals surface area contributed by atoms with Crippen molar-refractivity contribution in [1.29, 1.82) is 0 Å². The zero-order valence-electron chi connectivity index (χ0n) is 19.9. The first-order chi connectivity index (χ1) is 16.1. The number of hydrogen-bond donors (Lipinski definition) is 0. The van der Waals surface area contributed by atoms with Crippen LogP contribution in [0, 0.1) is 0 Å². The van der Waals surface area contributed by atoms with Crippen LogP contribution < -0.4 is 0 Å². The molecule has 0 aromatic heterocycles. The average Bonchev–Trinajstić information content (AvgIpc) is 2.78. The molecule has 0 N–H and O–H groups in total. The third kappa shape index (κ3) is 12.3. The van der Waals surface area contributed by atoms with Crippen molar-refractivity contribution in [3.05, 3.63) is 24.3 Å². The Bertz CT molecular complexity index is 770. The lowest BCUT2D eigenvalue weighted by molar-refractivity contribution is -0.202. The van der Waals surface area contributed by atoms with Crippen LogP contribution in [0.3, 0.4) is 0 Å². The van der Waals surface area contributed by atoms with Crippen LogP contribution in [-0.2, 0) is 47.7 Å². The molecule has 10 heteroatoms. The van der Waals surface area contributed by atoms with Gasteiger partial charge in [-0.15, -0.1) is 0 Å².